The molecule has 0 aromatic heterocycles. The minimum atomic E-state index is -3.16. The van der Waals surface area contributed by atoms with E-state index >= 15 is 0 Å². The lowest BCUT2D eigenvalue weighted by molar-refractivity contribution is 0.135. The molecule has 0 heterocycles. The zero-order chi connectivity index (χ0) is 16.3. The molecule has 0 aromatic rings. The molecule has 4 nitrogen and oxygen atoms in total. The summed E-state index contributed by atoms with van der Waals surface area (Å²) < 4.78 is 25.4. The van der Waals surface area contributed by atoms with E-state index in [0.717, 1.165) is 5.92 Å². The third kappa shape index (κ3) is 6.66. The highest BCUT2D eigenvalue weighted by Gasteiger charge is 2.32. The summed E-state index contributed by atoms with van der Waals surface area (Å²) in [6.45, 7) is 11.6. The highest BCUT2D eigenvalue weighted by molar-refractivity contribution is 7.88. The zero-order valence-electron chi connectivity index (χ0n) is 14.6. The molecule has 1 aliphatic rings. The van der Waals surface area contributed by atoms with Crippen LogP contribution in [0.15, 0.2) is 0 Å². The molecule has 0 atom stereocenters. The third-order valence-corrected chi connectivity index (χ3v) is 5.96. The number of hydrogen-bond donors (Lipinski definition) is 2. The van der Waals surface area contributed by atoms with Crippen molar-refractivity contribution in [2.45, 2.75) is 78.3 Å². The number of sulfonamides is 1. The maximum absolute atomic E-state index is 11.3. The molecule has 0 unspecified atom stereocenters. The average molecular weight is 319 g/mol. The Morgan fingerprint density at radius 2 is 1.57 bits per heavy atom. The highest BCUT2D eigenvalue weighted by atomic mass is 32.2. The zero-order valence-corrected chi connectivity index (χ0v) is 15.4. The van der Waals surface area contributed by atoms with Crippen molar-refractivity contribution in [1.29, 1.82) is 0 Å². The quantitative estimate of drug-likeness (QED) is 0.759. The van der Waals surface area contributed by atoms with Crippen molar-refractivity contribution in [2.24, 2.45) is 11.3 Å². The first-order chi connectivity index (χ1) is 9.45. The third-order valence-electron chi connectivity index (χ3n) is 5.04. The van der Waals surface area contributed by atoms with Crippen molar-refractivity contribution in [1.82, 2.24) is 10.0 Å². The molecule has 1 aliphatic carbocycles. The standard InChI is InChI=1S/C16H34N2O2S/c1-7-15(2,3)13-8-10-14(11-9-13)17-12-16(4,5)18-21(6,19)20/h13-14,17-18H,7-12H2,1-6H3. The molecule has 0 spiro atoms. The largest absolute Gasteiger partial charge is 0.312 e. The monoisotopic (exact) mass is 318 g/mol. The molecule has 126 valence electrons. The van der Waals surface area contributed by atoms with Crippen LogP contribution in [0.25, 0.3) is 0 Å². The molecule has 1 saturated carbocycles. The van der Waals surface area contributed by atoms with E-state index in [0.29, 0.717) is 18.0 Å². The van der Waals surface area contributed by atoms with Crippen molar-refractivity contribution < 1.29 is 8.42 Å². The lowest BCUT2D eigenvalue weighted by Crippen LogP contribution is -2.52. The van der Waals surface area contributed by atoms with Gasteiger partial charge in [-0.3, -0.25) is 0 Å². The first-order valence-electron chi connectivity index (χ1n) is 8.17. The van der Waals surface area contributed by atoms with Crippen LogP contribution >= 0.6 is 0 Å². The normalized spacial score (nSPS) is 25.0. The minimum absolute atomic E-state index is 0.437. The molecule has 1 fully saturated rings. The van der Waals surface area contributed by atoms with Crippen LogP contribution in [0.1, 0.15) is 66.7 Å². The minimum Gasteiger partial charge on any atom is -0.312 e. The van der Waals surface area contributed by atoms with E-state index in [4.69, 9.17) is 0 Å². The maximum Gasteiger partial charge on any atom is 0.209 e. The summed E-state index contributed by atoms with van der Waals surface area (Å²) >= 11 is 0. The number of nitrogens with one attached hydrogen (secondary N) is 2. The van der Waals surface area contributed by atoms with E-state index in [1.165, 1.54) is 38.4 Å². The van der Waals surface area contributed by atoms with Gasteiger partial charge in [0.1, 0.15) is 0 Å². The molecule has 0 radical (unpaired) electrons. The molecule has 2 N–H and O–H groups in total. The van der Waals surface area contributed by atoms with Gasteiger partial charge in [-0.2, -0.15) is 0 Å². The fourth-order valence-electron chi connectivity index (χ4n) is 3.31. The summed E-state index contributed by atoms with van der Waals surface area (Å²) in [4.78, 5) is 0. The van der Waals surface area contributed by atoms with Crippen molar-refractivity contribution in [3.63, 3.8) is 0 Å². The molecule has 21 heavy (non-hydrogen) atoms. The SMILES string of the molecule is CCC(C)(C)C1CCC(NCC(C)(C)NS(C)(=O)=O)CC1. The van der Waals surface area contributed by atoms with Crippen LogP contribution in [0.4, 0.5) is 0 Å². The summed E-state index contributed by atoms with van der Waals surface area (Å²) in [5, 5.41) is 3.55. The van der Waals surface area contributed by atoms with E-state index in [1.807, 2.05) is 13.8 Å². The molecule has 0 saturated heterocycles. The van der Waals surface area contributed by atoms with E-state index in [9.17, 15) is 8.42 Å². The Bertz CT molecular complexity index is 422. The summed E-state index contributed by atoms with van der Waals surface area (Å²) in [7, 11) is -3.16. The second kappa shape index (κ2) is 6.97. The Kier molecular flexibility index (Phi) is 6.28. The Morgan fingerprint density at radius 3 is 2.00 bits per heavy atom. The number of hydrogen-bond acceptors (Lipinski definition) is 3. The average Bonchev–Trinajstić information content (AvgIpc) is 2.34. The smallest absolute Gasteiger partial charge is 0.209 e. The molecule has 0 aliphatic heterocycles. The fourth-order valence-corrected chi connectivity index (χ4v) is 4.38. The first-order valence-corrected chi connectivity index (χ1v) is 10.1. The van der Waals surface area contributed by atoms with E-state index in [-0.39, 0.29) is 0 Å². The van der Waals surface area contributed by atoms with Gasteiger partial charge in [-0.25, -0.2) is 13.1 Å². The van der Waals surface area contributed by atoms with E-state index in [1.54, 1.807) is 0 Å². The number of rotatable bonds is 7. The second-order valence-corrected chi connectivity index (χ2v) is 9.78. The van der Waals surface area contributed by atoms with Crippen LogP contribution in [0.5, 0.6) is 0 Å². The topological polar surface area (TPSA) is 58.2 Å². The Hall–Kier alpha value is -0.130. The van der Waals surface area contributed by atoms with Gasteiger partial charge in [-0.05, 0) is 50.9 Å². The van der Waals surface area contributed by atoms with Crippen molar-refractivity contribution >= 4 is 10.0 Å². The second-order valence-electron chi connectivity index (χ2n) is 8.03. The van der Waals surface area contributed by atoms with Gasteiger partial charge in [0.05, 0.1) is 6.26 Å². The summed E-state index contributed by atoms with van der Waals surface area (Å²) in [6.07, 6.45) is 7.40. The van der Waals surface area contributed by atoms with Gasteiger partial charge in [-0.15, -0.1) is 0 Å². The van der Waals surface area contributed by atoms with E-state index < -0.39 is 15.6 Å². The first kappa shape index (κ1) is 18.9. The van der Waals surface area contributed by atoms with Crippen molar-refractivity contribution in [3.8, 4) is 0 Å². The van der Waals surface area contributed by atoms with Gasteiger partial charge in [0, 0.05) is 18.1 Å². The maximum atomic E-state index is 11.3. The molecule has 0 bridgehead atoms. The van der Waals surface area contributed by atoms with Crippen molar-refractivity contribution in [2.75, 3.05) is 12.8 Å². The van der Waals surface area contributed by atoms with E-state index in [2.05, 4.69) is 30.8 Å². The Morgan fingerprint density at radius 1 is 1.05 bits per heavy atom. The van der Waals surface area contributed by atoms with Crippen LogP contribution in [-0.4, -0.2) is 32.8 Å². The predicted molar refractivity (Wildman–Crippen MR) is 89.9 cm³/mol. The lowest BCUT2D eigenvalue weighted by atomic mass is 9.69. The molecule has 5 heteroatoms. The van der Waals surface area contributed by atoms with Crippen molar-refractivity contribution in [3.05, 3.63) is 0 Å². The molecule has 0 amide bonds. The van der Waals surface area contributed by atoms with Gasteiger partial charge in [0.2, 0.25) is 10.0 Å². The van der Waals surface area contributed by atoms with Crippen LogP contribution in [0.2, 0.25) is 0 Å². The van der Waals surface area contributed by atoms with Crippen LogP contribution < -0.4 is 10.0 Å². The Balaban J connectivity index is 2.40. The predicted octanol–water partition coefficient (Wildman–Crippen LogP) is 2.90. The van der Waals surface area contributed by atoms with Crippen LogP contribution in [0, 0.1) is 11.3 Å². The summed E-state index contributed by atoms with van der Waals surface area (Å²) in [5.41, 5.74) is 0.00913. The summed E-state index contributed by atoms with van der Waals surface area (Å²) in [5.74, 6) is 0.822. The summed E-state index contributed by atoms with van der Waals surface area (Å²) in [6, 6.07) is 0.523. The Labute approximate surface area is 131 Å². The molecule has 0 aromatic carbocycles. The molecular formula is C16H34N2O2S. The van der Waals surface area contributed by atoms with Gasteiger partial charge >= 0.3 is 0 Å². The fraction of sp³-hybridized carbons (Fsp3) is 1.00. The highest BCUT2D eigenvalue weighted by Crippen LogP contribution is 2.40. The van der Waals surface area contributed by atoms with Gasteiger partial charge in [0.15, 0.2) is 0 Å². The van der Waals surface area contributed by atoms with Gasteiger partial charge in [-0.1, -0.05) is 27.2 Å². The molecular weight excluding hydrogens is 284 g/mol. The van der Waals surface area contributed by atoms with Gasteiger partial charge in [0.25, 0.3) is 0 Å². The van der Waals surface area contributed by atoms with Gasteiger partial charge < -0.3 is 5.32 Å². The molecule has 1 rings (SSSR count). The lowest BCUT2D eigenvalue weighted by Gasteiger charge is -2.40. The van der Waals surface area contributed by atoms with Crippen LogP contribution in [-0.2, 0) is 10.0 Å². The van der Waals surface area contributed by atoms with Crippen LogP contribution in [0.3, 0.4) is 0 Å².